The molecule has 4 heteroatoms. The van der Waals surface area contributed by atoms with E-state index in [-0.39, 0.29) is 6.04 Å². The van der Waals surface area contributed by atoms with E-state index in [4.69, 9.17) is 17.3 Å². The van der Waals surface area contributed by atoms with Crippen molar-refractivity contribution in [3.8, 4) is 0 Å². The Hall–Kier alpha value is -0.0900. The fraction of sp³-hybridized carbons (Fsp3) is 0.625. The van der Waals surface area contributed by atoms with Gasteiger partial charge in [-0.3, -0.25) is 4.90 Å². The maximum Gasteiger partial charge on any atom is 0.0485 e. The van der Waals surface area contributed by atoms with Gasteiger partial charge in [-0.05, 0) is 48.9 Å². The summed E-state index contributed by atoms with van der Waals surface area (Å²) in [6.45, 7) is 8.70. The first-order valence-corrected chi connectivity index (χ1v) is 8.51. The minimum absolute atomic E-state index is 0.225. The highest BCUT2D eigenvalue weighted by Gasteiger charge is 2.34. The van der Waals surface area contributed by atoms with Crippen LogP contribution in [-0.2, 0) is 0 Å². The molecular weight excluding hydrogens is 336 g/mol. The number of piperidine rings is 1. The first-order valence-electron chi connectivity index (χ1n) is 7.34. The van der Waals surface area contributed by atoms with Gasteiger partial charge in [-0.25, -0.2) is 0 Å². The van der Waals surface area contributed by atoms with Gasteiger partial charge in [0, 0.05) is 34.7 Å². The van der Waals surface area contributed by atoms with E-state index in [0.717, 1.165) is 16.0 Å². The quantitative estimate of drug-likeness (QED) is 0.863. The van der Waals surface area contributed by atoms with Gasteiger partial charge in [0.1, 0.15) is 0 Å². The fourth-order valence-electron chi connectivity index (χ4n) is 3.38. The van der Waals surface area contributed by atoms with E-state index in [1.807, 2.05) is 18.2 Å². The number of nitrogens with zero attached hydrogens (tertiary/aromatic N) is 1. The lowest BCUT2D eigenvalue weighted by Gasteiger charge is -2.45. The monoisotopic (exact) mass is 358 g/mol. The van der Waals surface area contributed by atoms with Gasteiger partial charge >= 0.3 is 0 Å². The van der Waals surface area contributed by atoms with Gasteiger partial charge in [-0.2, -0.15) is 0 Å². The van der Waals surface area contributed by atoms with Gasteiger partial charge in [-0.1, -0.05) is 41.4 Å². The fourth-order valence-corrected chi connectivity index (χ4v) is 4.07. The van der Waals surface area contributed by atoms with Crippen LogP contribution >= 0.6 is 27.5 Å². The average molecular weight is 360 g/mol. The molecule has 0 radical (unpaired) electrons. The van der Waals surface area contributed by atoms with Crippen molar-refractivity contribution in [2.45, 2.75) is 39.3 Å². The van der Waals surface area contributed by atoms with Crippen LogP contribution in [0.4, 0.5) is 0 Å². The Balaban J connectivity index is 2.33. The predicted octanol–water partition coefficient (Wildman–Crippen LogP) is 4.47. The maximum atomic E-state index is 6.17. The van der Waals surface area contributed by atoms with E-state index in [1.165, 1.54) is 12.0 Å². The number of halogens is 2. The summed E-state index contributed by atoms with van der Waals surface area (Å²) in [6.07, 6.45) is 1.30. The third kappa shape index (κ3) is 3.38. The number of hydrogen-bond donors (Lipinski definition) is 1. The van der Waals surface area contributed by atoms with E-state index in [1.54, 1.807) is 0 Å². The zero-order chi connectivity index (χ0) is 14.9. The molecule has 20 heavy (non-hydrogen) atoms. The second-order valence-electron chi connectivity index (χ2n) is 6.17. The van der Waals surface area contributed by atoms with E-state index < -0.39 is 0 Å². The number of nitrogens with two attached hydrogens (primary N) is 1. The Morgan fingerprint density at radius 3 is 2.75 bits per heavy atom. The smallest absolute Gasteiger partial charge is 0.0485 e. The van der Waals surface area contributed by atoms with Crippen molar-refractivity contribution >= 4 is 27.5 Å². The Morgan fingerprint density at radius 1 is 1.40 bits per heavy atom. The van der Waals surface area contributed by atoms with Crippen LogP contribution in [0.5, 0.6) is 0 Å². The van der Waals surface area contributed by atoms with Crippen LogP contribution < -0.4 is 5.73 Å². The lowest BCUT2D eigenvalue weighted by molar-refractivity contribution is 0.0422. The lowest BCUT2D eigenvalue weighted by Crippen LogP contribution is -2.49. The summed E-state index contributed by atoms with van der Waals surface area (Å²) in [6, 6.07) is 6.74. The van der Waals surface area contributed by atoms with Crippen molar-refractivity contribution in [1.82, 2.24) is 4.90 Å². The molecule has 1 aliphatic rings. The van der Waals surface area contributed by atoms with Crippen molar-refractivity contribution in [3.63, 3.8) is 0 Å². The summed E-state index contributed by atoms with van der Waals surface area (Å²) in [4.78, 5) is 2.55. The molecule has 4 unspecified atom stereocenters. The summed E-state index contributed by atoms with van der Waals surface area (Å²) in [7, 11) is 0. The Bertz CT molecular complexity index is 466. The molecule has 1 aliphatic heterocycles. The molecule has 0 amide bonds. The van der Waals surface area contributed by atoms with Crippen LogP contribution in [0.3, 0.4) is 0 Å². The summed E-state index contributed by atoms with van der Waals surface area (Å²) in [5.41, 5.74) is 7.30. The standard InChI is InChI=1S/C16H24BrClN2/c1-10-6-11(2)12(3)20(9-10)16(8-19)14-7-13(18)4-5-15(14)17/h4-5,7,10-12,16H,6,8-9,19H2,1-3H3. The van der Waals surface area contributed by atoms with Crippen LogP contribution in [-0.4, -0.2) is 24.0 Å². The first-order chi connectivity index (χ1) is 9.43. The molecule has 1 saturated heterocycles. The third-order valence-electron chi connectivity index (χ3n) is 4.58. The Labute approximate surface area is 135 Å². The summed E-state index contributed by atoms with van der Waals surface area (Å²) in [5, 5.41) is 0.771. The van der Waals surface area contributed by atoms with Crippen LogP contribution in [0.25, 0.3) is 0 Å². The number of hydrogen-bond acceptors (Lipinski definition) is 2. The molecular formula is C16H24BrClN2. The summed E-state index contributed by atoms with van der Waals surface area (Å²) in [5.74, 6) is 1.42. The molecule has 1 fully saturated rings. The molecule has 1 aromatic rings. The molecule has 2 N–H and O–H groups in total. The predicted molar refractivity (Wildman–Crippen MR) is 90.1 cm³/mol. The number of likely N-dealkylation sites (tertiary alicyclic amines) is 1. The second-order valence-corrected chi connectivity index (χ2v) is 7.46. The molecule has 1 aromatic carbocycles. The van der Waals surface area contributed by atoms with Crippen LogP contribution in [0.2, 0.25) is 5.02 Å². The zero-order valence-corrected chi connectivity index (χ0v) is 14.8. The molecule has 2 rings (SSSR count). The molecule has 112 valence electrons. The highest BCUT2D eigenvalue weighted by atomic mass is 79.9. The Morgan fingerprint density at radius 2 is 2.10 bits per heavy atom. The molecule has 0 saturated carbocycles. The number of benzene rings is 1. The zero-order valence-electron chi connectivity index (χ0n) is 12.4. The molecule has 0 spiro atoms. The third-order valence-corrected chi connectivity index (χ3v) is 5.54. The minimum atomic E-state index is 0.225. The van der Waals surface area contributed by atoms with Crippen LogP contribution in [0.15, 0.2) is 22.7 Å². The number of rotatable bonds is 3. The highest BCUT2D eigenvalue weighted by Crippen LogP contribution is 2.36. The van der Waals surface area contributed by atoms with E-state index in [2.05, 4.69) is 41.6 Å². The van der Waals surface area contributed by atoms with Gasteiger partial charge in [0.15, 0.2) is 0 Å². The van der Waals surface area contributed by atoms with Gasteiger partial charge < -0.3 is 5.73 Å². The van der Waals surface area contributed by atoms with E-state index >= 15 is 0 Å². The Kier molecular flexibility index (Phi) is 5.52. The maximum absolute atomic E-state index is 6.17. The van der Waals surface area contributed by atoms with Gasteiger partial charge in [0.25, 0.3) is 0 Å². The molecule has 2 nitrogen and oxygen atoms in total. The first kappa shape index (κ1) is 16.3. The molecule has 1 heterocycles. The lowest BCUT2D eigenvalue weighted by atomic mass is 9.84. The van der Waals surface area contributed by atoms with Crippen molar-refractivity contribution in [2.24, 2.45) is 17.6 Å². The molecule has 0 aliphatic carbocycles. The average Bonchev–Trinajstić information content (AvgIpc) is 2.40. The van der Waals surface area contributed by atoms with Crippen molar-refractivity contribution < 1.29 is 0 Å². The van der Waals surface area contributed by atoms with Gasteiger partial charge in [0.05, 0.1) is 0 Å². The van der Waals surface area contributed by atoms with Crippen LogP contribution in [0.1, 0.15) is 38.8 Å². The highest BCUT2D eigenvalue weighted by molar-refractivity contribution is 9.10. The van der Waals surface area contributed by atoms with E-state index in [0.29, 0.717) is 24.4 Å². The minimum Gasteiger partial charge on any atom is -0.329 e. The largest absolute Gasteiger partial charge is 0.329 e. The molecule has 0 aromatic heterocycles. The van der Waals surface area contributed by atoms with Gasteiger partial charge in [0.2, 0.25) is 0 Å². The van der Waals surface area contributed by atoms with Crippen LogP contribution in [0, 0.1) is 11.8 Å². The SMILES string of the molecule is CC1CC(C)C(C)N(C(CN)c2cc(Cl)ccc2Br)C1. The second kappa shape index (κ2) is 6.78. The normalized spacial score (nSPS) is 29.4. The van der Waals surface area contributed by atoms with Gasteiger partial charge in [-0.15, -0.1) is 0 Å². The van der Waals surface area contributed by atoms with Crippen molar-refractivity contribution in [1.29, 1.82) is 0 Å². The van der Waals surface area contributed by atoms with E-state index in [9.17, 15) is 0 Å². The van der Waals surface area contributed by atoms with Crippen molar-refractivity contribution in [3.05, 3.63) is 33.3 Å². The molecule has 0 bridgehead atoms. The van der Waals surface area contributed by atoms with Crippen molar-refractivity contribution in [2.75, 3.05) is 13.1 Å². The summed E-state index contributed by atoms with van der Waals surface area (Å²) >= 11 is 9.82. The topological polar surface area (TPSA) is 29.3 Å². The molecule has 4 atom stereocenters. The summed E-state index contributed by atoms with van der Waals surface area (Å²) < 4.78 is 1.09.